The number of nitrogens with one attached hydrogen (secondary N) is 1. The third kappa shape index (κ3) is 6.39. The zero-order valence-electron chi connectivity index (χ0n) is 10.5. The quantitative estimate of drug-likeness (QED) is 0.744. The Bertz CT molecular complexity index is 251. The molecule has 0 atom stereocenters. The molecule has 3 heteroatoms. The first-order valence-electron chi connectivity index (χ1n) is 5.29. The normalized spacial score (nSPS) is 7.93. The van der Waals surface area contributed by atoms with Gasteiger partial charge in [-0.25, -0.2) is 4.39 Å². The Balaban J connectivity index is 0. The molecule has 0 aliphatic heterocycles. The summed E-state index contributed by atoms with van der Waals surface area (Å²) in [5.41, 5.74) is 0.806. The van der Waals surface area contributed by atoms with Crippen molar-refractivity contribution in [3.63, 3.8) is 0 Å². The summed E-state index contributed by atoms with van der Waals surface area (Å²) < 4.78 is 13.0. The van der Waals surface area contributed by atoms with Gasteiger partial charge in [-0.1, -0.05) is 27.7 Å². The highest BCUT2D eigenvalue weighted by Gasteiger charge is 1.99. The molecule has 0 aromatic heterocycles. The maximum Gasteiger partial charge on any atom is 0.138 e. The number of hydrogen-bond donors (Lipinski definition) is 1. The zero-order valence-corrected chi connectivity index (χ0v) is 11.3. The number of rotatable bonds is 2. The summed E-state index contributed by atoms with van der Waals surface area (Å²) in [6, 6.07) is 5.12. The van der Waals surface area contributed by atoms with Crippen LogP contribution >= 0.6 is 11.8 Å². The van der Waals surface area contributed by atoms with Crippen LogP contribution in [0.4, 0.5) is 10.1 Å². The molecule has 0 spiro atoms. The summed E-state index contributed by atoms with van der Waals surface area (Å²) >= 11 is 1.41. The van der Waals surface area contributed by atoms with E-state index in [2.05, 4.69) is 5.32 Å². The molecule has 15 heavy (non-hydrogen) atoms. The molecule has 0 radical (unpaired) electrons. The predicted octanol–water partition coefficient (Wildman–Crippen LogP) is 4.64. The summed E-state index contributed by atoms with van der Waals surface area (Å²) in [6.07, 6.45) is 1.86. The van der Waals surface area contributed by atoms with Gasteiger partial charge in [0.05, 0.1) is 0 Å². The molecular weight excluding hydrogens is 209 g/mol. The second kappa shape index (κ2) is 11.4. The van der Waals surface area contributed by atoms with Crippen molar-refractivity contribution in [3.8, 4) is 0 Å². The minimum atomic E-state index is -0.163. The molecule has 1 rings (SSSR count). The Kier molecular flexibility index (Phi) is 12.7. The van der Waals surface area contributed by atoms with Crippen LogP contribution < -0.4 is 5.32 Å². The van der Waals surface area contributed by atoms with Crippen LogP contribution in [0.3, 0.4) is 0 Å². The minimum absolute atomic E-state index is 0.163. The van der Waals surface area contributed by atoms with E-state index in [1.165, 1.54) is 17.8 Å². The topological polar surface area (TPSA) is 12.0 Å². The third-order valence-corrected chi connectivity index (χ3v) is 2.21. The maximum atomic E-state index is 13.0. The Morgan fingerprint density at radius 1 is 1.13 bits per heavy atom. The second-order valence-corrected chi connectivity index (χ2v) is 2.95. The average Bonchev–Trinajstić information content (AvgIpc) is 2.34. The molecule has 1 nitrogen and oxygen atoms in total. The maximum absolute atomic E-state index is 13.0. The van der Waals surface area contributed by atoms with E-state index in [4.69, 9.17) is 0 Å². The van der Waals surface area contributed by atoms with Crippen molar-refractivity contribution in [2.24, 2.45) is 0 Å². The molecule has 0 fully saturated rings. The molecule has 0 saturated heterocycles. The lowest BCUT2D eigenvalue weighted by Crippen LogP contribution is -1.89. The largest absolute Gasteiger partial charge is 0.388 e. The average molecular weight is 231 g/mol. The van der Waals surface area contributed by atoms with Crippen LogP contribution in [0.2, 0.25) is 0 Å². The van der Waals surface area contributed by atoms with Gasteiger partial charge in [0.2, 0.25) is 0 Å². The van der Waals surface area contributed by atoms with E-state index < -0.39 is 0 Å². The summed E-state index contributed by atoms with van der Waals surface area (Å²) in [6.45, 7) is 8.00. The van der Waals surface area contributed by atoms with E-state index in [0.29, 0.717) is 4.90 Å². The lowest BCUT2D eigenvalue weighted by molar-refractivity contribution is 0.603. The standard InChI is InChI=1S/C8H10FNS.2C2H6/c1-10-6-3-4-8(11-2)7(9)5-6;2*1-2/h3-5,10H,1-2H3;2*1-2H3. The molecule has 0 aliphatic carbocycles. The van der Waals surface area contributed by atoms with Gasteiger partial charge in [-0.15, -0.1) is 11.8 Å². The van der Waals surface area contributed by atoms with Gasteiger partial charge in [0.25, 0.3) is 0 Å². The first-order chi connectivity index (χ1) is 7.27. The van der Waals surface area contributed by atoms with Crippen LogP contribution in [0, 0.1) is 5.82 Å². The molecule has 0 amide bonds. The molecule has 0 unspecified atom stereocenters. The van der Waals surface area contributed by atoms with Crippen molar-refractivity contribution < 1.29 is 4.39 Å². The molecule has 0 bridgehead atoms. The lowest BCUT2D eigenvalue weighted by Gasteiger charge is -2.02. The van der Waals surface area contributed by atoms with Gasteiger partial charge in [-0.05, 0) is 24.5 Å². The van der Waals surface area contributed by atoms with Gasteiger partial charge < -0.3 is 5.32 Å². The molecule has 1 aromatic rings. The monoisotopic (exact) mass is 231 g/mol. The van der Waals surface area contributed by atoms with Gasteiger partial charge in [-0.2, -0.15) is 0 Å². The van der Waals surface area contributed by atoms with E-state index in [0.717, 1.165) is 5.69 Å². The zero-order chi connectivity index (χ0) is 12.3. The Morgan fingerprint density at radius 2 is 1.67 bits per heavy atom. The van der Waals surface area contributed by atoms with Crippen molar-refractivity contribution in [1.29, 1.82) is 0 Å². The number of thioether (sulfide) groups is 1. The van der Waals surface area contributed by atoms with Crippen LogP contribution in [-0.4, -0.2) is 13.3 Å². The molecule has 1 aromatic carbocycles. The van der Waals surface area contributed by atoms with Gasteiger partial charge >= 0.3 is 0 Å². The van der Waals surface area contributed by atoms with Crippen molar-refractivity contribution in [2.45, 2.75) is 32.6 Å². The minimum Gasteiger partial charge on any atom is -0.388 e. The van der Waals surface area contributed by atoms with Crippen molar-refractivity contribution in [2.75, 3.05) is 18.6 Å². The fourth-order valence-corrected chi connectivity index (χ4v) is 1.28. The molecular formula is C12H22FNS. The Hall–Kier alpha value is -0.700. The molecule has 0 aliphatic rings. The number of hydrogen-bond acceptors (Lipinski definition) is 2. The fraction of sp³-hybridized carbons (Fsp3) is 0.500. The van der Waals surface area contributed by atoms with Gasteiger partial charge in [0.15, 0.2) is 0 Å². The highest BCUT2D eigenvalue weighted by Crippen LogP contribution is 2.21. The molecule has 88 valence electrons. The van der Waals surface area contributed by atoms with Gasteiger partial charge in [-0.3, -0.25) is 0 Å². The van der Waals surface area contributed by atoms with Crippen LogP contribution in [-0.2, 0) is 0 Å². The van der Waals surface area contributed by atoms with E-state index in [9.17, 15) is 4.39 Å². The summed E-state index contributed by atoms with van der Waals surface area (Å²) in [5.74, 6) is -0.163. The number of halogens is 1. The Morgan fingerprint density at radius 3 is 2.00 bits per heavy atom. The SMILES string of the molecule is CC.CC.CNc1ccc(SC)c(F)c1. The van der Waals surface area contributed by atoms with Crippen molar-refractivity contribution in [1.82, 2.24) is 0 Å². The van der Waals surface area contributed by atoms with Crippen molar-refractivity contribution >= 4 is 17.4 Å². The summed E-state index contributed by atoms with van der Waals surface area (Å²) in [5, 5.41) is 2.87. The Labute approximate surface area is 97.5 Å². The molecule has 0 heterocycles. The lowest BCUT2D eigenvalue weighted by atomic mass is 10.3. The van der Waals surface area contributed by atoms with Crippen LogP contribution in [0.15, 0.2) is 23.1 Å². The highest BCUT2D eigenvalue weighted by atomic mass is 32.2. The summed E-state index contributed by atoms with van der Waals surface area (Å²) in [7, 11) is 1.77. The van der Waals surface area contributed by atoms with Crippen molar-refractivity contribution in [3.05, 3.63) is 24.0 Å². The van der Waals surface area contributed by atoms with E-state index in [1.807, 2.05) is 40.0 Å². The first-order valence-corrected chi connectivity index (χ1v) is 6.51. The van der Waals surface area contributed by atoms with Crippen LogP contribution in [0.1, 0.15) is 27.7 Å². The second-order valence-electron chi connectivity index (χ2n) is 2.10. The summed E-state index contributed by atoms with van der Waals surface area (Å²) in [4.78, 5) is 0.684. The van der Waals surface area contributed by atoms with E-state index in [1.54, 1.807) is 13.1 Å². The number of benzene rings is 1. The van der Waals surface area contributed by atoms with Gasteiger partial charge in [0.1, 0.15) is 5.82 Å². The molecule has 1 N–H and O–H groups in total. The third-order valence-electron chi connectivity index (χ3n) is 1.44. The van der Waals surface area contributed by atoms with E-state index in [-0.39, 0.29) is 5.82 Å². The molecule has 0 saturated carbocycles. The number of anilines is 1. The van der Waals surface area contributed by atoms with Crippen LogP contribution in [0.25, 0.3) is 0 Å². The first kappa shape index (κ1) is 16.7. The predicted molar refractivity (Wildman–Crippen MR) is 70.4 cm³/mol. The van der Waals surface area contributed by atoms with E-state index >= 15 is 0 Å². The smallest absolute Gasteiger partial charge is 0.138 e. The van der Waals surface area contributed by atoms with Gasteiger partial charge in [0, 0.05) is 17.6 Å². The highest BCUT2D eigenvalue weighted by molar-refractivity contribution is 7.98. The fourth-order valence-electron chi connectivity index (χ4n) is 0.822. The van der Waals surface area contributed by atoms with Crippen LogP contribution in [0.5, 0.6) is 0 Å².